The van der Waals surface area contributed by atoms with Crippen molar-refractivity contribution in [2.24, 2.45) is 16.3 Å². The van der Waals surface area contributed by atoms with Gasteiger partial charge in [0.15, 0.2) is 5.78 Å². The zero-order valence-electron chi connectivity index (χ0n) is 15.3. The van der Waals surface area contributed by atoms with E-state index in [0.717, 1.165) is 0 Å². The largest absolute Gasteiger partial charge is 0.511 e. The number of aliphatic imine (C=N–C) groups is 1. The van der Waals surface area contributed by atoms with Crippen LogP contribution in [0.5, 0.6) is 0 Å². The van der Waals surface area contributed by atoms with E-state index >= 15 is 0 Å². The Labute approximate surface area is 143 Å². The Morgan fingerprint density at radius 3 is 2.46 bits per heavy atom. The van der Waals surface area contributed by atoms with E-state index < -0.39 is 17.3 Å². The van der Waals surface area contributed by atoms with Gasteiger partial charge in [0.05, 0.1) is 31.0 Å². The van der Waals surface area contributed by atoms with Crippen molar-refractivity contribution >= 4 is 17.5 Å². The summed E-state index contributed by atoms with van der Waals surface area (Å²) >= 11 is 0. The Kier molecular flexibility index (Phi) is 7.14. The van der Waals surface area contributed by atoms with Crippen molar-refractivity contribution < 1.29 is 24.5 Å². The number of ether oxygens (including phenoxy) is 1. The topological polar surface area (TPSA) is 96.2 Å². The minimum absolute atomic E-state index is 0.124. The van der Waals surface area contributed by atoms with E-state index in [9.17, 15) is 19.8 Å². The maximum Gasteiger partial charge on any atom is 0.316 e. The molecule has 6 heteroatoms. The number of ketones is 1. The number of carbonyl (C=O) groups excluding carboxylic acids is 2. The highest BCUT2D eigenvalue weighted by atomic mass is 16.5. The molecule has 2 N–H and O–H groups in total. The molecule has 0 heterocycles. The molecule has 0 aromatic heterocycles. The first-order valence-corrected chi connectivity index (χ1v) is 8.45. The molecule has 1 aliphatic carbocycles. The SMILES string of the molecule is CCCC(=O)C1=C(O)[C@@H](C(=O)OC)C(C)(C)CC1=N[C@H](CC)CO. The average Bonchev–Trinajstić information content (AvgIpc) is 2.51. The Morgan fingerprint density at radius 1 is 1.38 bits per heavy atom. The molecule has 0 saturated carbocycles. The molecule has 6 nitrogen and oxygen atoms in total. The standard InChI is InChI=1S/C18H29NO5/c1-6-8-13(21)14-12(19-11(7-2)10-20)9-18(3,4)15(16(14)22)17(23)24-5/h11,15,20,22H,6-10H2,1-5H3/t11-,15+/m1/s1. The minimum atomic E-state index is -0.897. The molecular formula is C18H29NO5. The van der Waals surface area contributed by atoms with Gasteiger partial charge < -0.3 is 14.9 Å². The highest BCUT2D eigenvalue weighted by molar-refractivity contribution is 6.24. The van der Waals surface area contributed by atoms with Gasteiger partial charge in [0.1, 0.15) is 11.7 Å². The van der Waals surface area contributed by atoms with Crippen LogP contribution in [0.25, 0.3) is 0 Å². The lowest BCUT2D eigenvalue weighted by molar-refractivity contribution is -0.149. The molecule has 0 saturated heterocycles. The predicted octanol–water partition coefficient (Wildman–Crippen LogP) is 2.60. The monoisotopic (exact) mass is 339 g/mol. The fraction of sp³-hybridized carbons (Fsp3) is 0.722. The third kappa shape index (κ3) is 4.23. The molecule has 1 aliphatic rings. The maximum absolute atomic E-state index is 12.5. The maximum atomic E-state index is 12.5. The fourth-order valence-electron chi connectivity index (χ4n) is 3.08. The van der Waals surface area contributed by atoms with Gasteiger partial charge >= 0.3 is 5.97 Å². The number of nitrogens with zero attached hydrogens (tertiary/aromatic N) is 1. The van der Waals surface area contributed by atoms with Crippen molar-refractivity contribution in [1.29, 1.82) is 0 Å². The second kappa shape index (κ2) is 8.42. The van der Waals surface area contributed by atoms with E-state index in [0.29, 0.717) is 25.0 Å². The summed E-state index contributed by atoms with van der Waals surface area (Å²) in [5.41, 5.74) is -0.0461. The van der Waals surface area contributed by atoms with Crippen molar-refractivity contribution in [2.45, 2.75) is 59.4 Å². The molecule has 0 radical (unpaired) electrons. The summed E-state index contributed by atoms with van der Waals surface area (Å²) in [5.74, 6) is -1.95. The van der Waals surface area contributed by atoms with E-state index in [2.05, 4.69) is 4.99 Å². The zero-order valence-corrected chi connectivity index (χ0v) is 15.3. The van der Waals surface area contributed by atoms with Gasteiger partial charge in [0.25, 0.3) is 0 Å². The van der Waals surface area contributed by atoms with Crippen LogP contribution in [0.3, 0.4) is 0 Å². The fourth-order valence-corrected chi connectivity index (χ4v) is 3.08. The Balaban J connectivity index is 3.51. The Bertz CT molecular complexity index is 544. The molecule has 0 spiro atoms. The van der Waals surface area contributed by atoms with E-state index in [-0.39, 0.29) is 36.2 Å². The number of allylic oxidation sites excluding steroid dienone is 1. The molecule has 0 bridgehead atoms. The van der Waals surface area contributed by atoms with E-state index in [1.165, 1.54) is 7.11 Å². The summed E-state index contributed by atoms with van der Waals surface area (Å²) in [6, 6.07) is -0.331. The number of carbonyl (C=O) groups is 2. The number of Topliss-reactive ketones (excluding diaryl/α,β-unsaturated/α-hetero) is 1. The van der Waals surface area contributed by atoms with Crippen LogP contribution in [-0.4, -0.2) is 47.4 Å². The molecule has 1 rings (SSSR count). The van der Waals surface area contributed by atoms with Crippen molar-refractivity contribution in [2.75, 3.05) is 13.7 Å². The molecule has 0 aliphatic heterocycles. The number of esters is 1. The highest BCUT2D eigenvalue weighted by Gasteiger charge is 2.47. The summed E-state index contributed by atoms with van der Waals surface area (Å²) < 4.78 is 4.82. The van der Waals surface area contributed by atoms with Crippen LogP contribution in [-0.2, 0) is 14.3 Å². The number of aliphatic hydroxyl groups is 2. The highest BCUT2D eigenvalue weighted by Crippen LogP contribution is 2.43. The molecular weight excluding hydrogens is 310 g/mol. The summed E-state index contributed by atoms with van der Waals surface area (Å²) in [5, 5.41) is 20.1. The first kappa shape index (κ1) is 20.4. The first-order chi connectivity index (χ1) is 11.2. The molecule has 0 aromatic rings. The molecule has 0 aromatic carbocycles. The van der Waals surface area contributed by atoms with Gasteiger partial charge in [-0.3, -0.25) is 14.6 Å². The van der Waals surface area contributed by atoms with Crippen LogP contribution in [0, 0.1) is 11.3 Å². The summed E-state index contributed by atoms with van der Waals surface area (Å²) in [6.45, 7) is 7.31. The van der Waals surface area contributed by atoms with Gasteiger partial charge in [0, 0.05) is 6.42 Å². The number of aliphatic hydroxyl groups excluding tert-OH is 2. The summed E-state index contributed by atoms with van der Waals surface area (Å²) in [4.78, 5) is 29.2. The molecule has 0 unspecified atom stereocenters. The van der Waals surface area contributed by atoms with Gasteiger partial charge in [-0.05, 0) is 24.7 Å². The number of rotatable bonds is 7. The van der Waals surface area contributed by atoms with Crippen LogP contribution in [0.1, 0.15) is 53.4 Å². The second-order valence-electron chi connectivity index (χ2n) is 6.88. The van der Waals surface area contributed by atoms with E-state index in [4.69, 9.17) is 4.74 Å². The Morgan fingerprint density at radius 2 is 2.00 bits per heavy atom. The van der Waals surface area contributed by atoms with Crippen molar-refractivity contribution in [3.8, 4) is 0 Å². The predicted molar refractivity (Wildman–Crippen MR) is 92.1 cm³/mol. The lowest BCUT2D eigenvalue weighted by atomic mass is 9.67. The van der Waals surface area contributed by atoms with Gasteiger partial charge in [-0.2, -0.15) is 0 Å². The molecule has 136 valence electrons. The third-order valence-corrected chi connectivity index (χ3v) is 4.44. The number of methoxy groups -OCH3 is 1. The van der Waals surface area contributed by atoms with E-state index in [1.54, 1.807) is 0 Å². The third-order valence-electron chi connectivity index (χ3n) is 4.44. The summed E-state index contributed by atoms with van der Waals surface area (Å²) in [6.07, 6.45) is 1.88. The minimum Gasteiger partial charge on any atom is -0.511 e. The van der Waals surface area contributed by atoms with Crippen LogP contribution >= 0.6 is 0 Å². The molecule has 0 fully saturated rings. The van der Waals surface area contributed by atoms with Crippen molar-refractivity contribution in [3.05, 3.63) is 11.3 Å². The van der Waals surface area contributed by atoms with Gasteiger partial charge in [-0.1, -0.05) is 27.7 Å². The van der Waals surface area contributed by atoms with Crippen LogP contribution < -0.4 is 0 Å². The van der Waals surface area contributed by atoms with Crippen molar-refractivity contribution in [3.63, 3.8) is 0 Å². The molecule has 2 atom stereocenters. The average molecular weight is 339 g/mol. The number of hydrogen-bond acceptors (Lipinski definition) is 6. The normalized spacial score (nSPS) is 23.2. The quantitative estimate of drug-likeness (QED) is 0.695. The van der Waals surface area contributed by atoms with Crippen LogP contribution in [0.15, 0.2) is 16.3 Å². The molecule has 0 amide bonds. The molecule has 24 heavy (non-hydrogen) atoms. The number of hydrogen-bond donors (Lipinski definition) is 2. The van der Waals surface area contributed by atoms with Gasteiger partial charge in [-0.15, -0.1) is 0 Å². The lowest BCUT2D eigenvalue weighted by Gasteiger charge is -2.38. The summed E-state index contributed by atoms with van der Waals surface area (Å²) in [7, 11) is 1.27. The zero-order chi connectivity index (χ0) is 18.5. The lowest BCUT2D eigenvalue weighted by Crippen LogP contribution is -2.42. The van der Waals surface area contributed by atoms with Crippen LogP contribution in [0.4, 0.5) is 0 Å². The second-order valence-corrected chi connectivity index (χ2v) is 6.88. The van der Waals surface area contributed by atoms with E-state index in [1.807, 2.05) is 27.7 Å². The van der Waals surface area contributed by atoms with Gasteiger partial charge in [0.2, 0.25) is 0 Å². The smallest absolute Gasteiger partial charge is 0.316 e. The first-order valence-electron chi connectivity index (χ1n) is 8.45. The van der Waals surface area contributed by atoms with Crippen molar-refractivity contribution in [1.82, 2.24) is 0 Å². The van der Waals surface area contributed by atoms with Gasteiger partial charge in [-0.25, -0.2) is 0 Å². The van der Waals surface area contributed by atoms with Crippen LogP contribution in [0.2, 0.25) is 0 Å². The Hall–Kier alpha value is -1.69.